The Hall–Kier alpha value is -1.63. The van der Waals surface area contributed by atoms with Gasteiger partial charge in [0.25, 0.3) is 0 Å². The Balaban J connectivity index is 2.27. The zero-order valence-electron chi connectivity index (χ0n) is 9.12. The Labute approximate surface area is 95.7 Å². The summed E-state index contributed by atoms with van der Waals surface area (Å²) in [6.45, 7) is 3.82. The van der Waals surface area contributed by atoms with Gasteiger partial charge < -0.3 is 0 Å². The van der Waals surface area contributed by atoms with E-state index in [-0.39, 0.29) is 5.82 Å². The summed E-state index contributed by atoms with van der Waals surface area (Å²) in [4.78, 5) is 0. The molecule has 0 aliphatic carbocycles. The largest absolute Gasteiger partial charge is 0.207 e. The number of hydrogen-bond acceptors (Lipinski definition) is 0. The lowest BCUT2D eigenvalue weighted by molar-refractivity contribution is 0.628. The van der Waals surface area contributed by atoms with E-state index in [2.05, 4.69) is 19.1 Å². The first-order valence-electron chi connectivity index (χ1n) is 5.44. The molecule has 2 aromatic carbocycles. The van der Waals surface area contributed by atoms with Crippen LogP contribution in [-0.4, -0.2) is 0 Å². The van der Waals surface area contributed by atoms with E-state index in [1.54, 1.807) is 12.1 Å². The molecule has 0 fully saturated rings. The van der Waals surface area contributed by atoms with E-state index < -0.39 is 0 Å². The summed E-state index contributed by atoms with van der Waals surface area (Å²) in [6.07, 6.45) is 1.89. The summed E-state index contributed by atoms with van der Waals surface area (Å²) in [5.74, 6) is -0.195. The van der Waals surface area contributed by atoms with Crippen LogP contribution in [0.25, 0.3) is 11.1 Å². The van der Waals surface area contributed by atoms with Gasteiger partial charge in [0.1, 0.15) is 5.82 Å². The van der Waals surface area contributed by atoms with Crippen molar-refractivity contribution in [2.75, 3.05) is 0 Å². The molecule has 0 bridgehead atoms. The van der Waals surface area contributed by atoms with Crippen molar-refractivity contribution >= 4 is 0 Å². The van der Waals surface area contributed by atoms with Crippen molar-refractivity contribution < 1.29 is 4.39 Å². The SMILES string of the molecule is [CH2]CCc1ccc(-c2cccc(F)c2)cc1. The van der Waals surface area contributed by atoms with Crippen LogP contribution in [0.15, 0.2) is 48.5 Å². The Morgan fingerprint density at radius 3 is 2.31 bits per heavy atom. The highest BCUT2D eigenvalue weighted by Gasteiger charge is 1.99. The van der Waals surface area contributed by atoms with E-state index in [0.717, 1.165) is 24.0 Å². The highest BCUT2D eigenvalue weighted by molar-refractivity contribution is 5.63. The lowest BCUT2D eigenvalue weighted by Crippen LogP contribution is -1.84. The van der Waals surface area contributed by atoms with Crippen LogP contribution in [0.2, 0.25) is 0 Å². The molecule has 0 atom stereocenters. The monoisotopic (exact) mass is 213 g/mol. The fourth-order valence-corrected chi connectivity index (χ4v) is 1.74. The molecule has 2 aromatic rings. The van der Waals surface area contributed by atoms with Gasteiger partial charge in [-0.2, -0.15) is 0 Å². The van der Waals surface area contributed by atoms with Gasteiger partial charge in [-0.25, -0.2) is 4.39 Å². The van der Waals surface area contributed by atoms with Crippen LogP contribution in [0.3, 0.4) is 0 Å². The quantitative estimate of drug-likeness (QED) is 0.714. The molecule has 0 heterocycles. The molecule has 0 saturated heterocycles. The van der Waals surface area contributed by atoms with Crippen LogP contribution in [0, 0.1) is 12.7 Å². The third kappa shape index (κ3) is 2.48. The number of hydrogen-bond donors (Lipinski definition) is 0. The lowest BCUT2D eigenvalue weighted by atomic mass is 10.0. The number of rotatable bonds is 3. The van der Waals surface area contributed by atoms with Gasteiger partial charge in [-0.15, -0.1) is 0 Å². The number of aryl methyl sites for hydroxylation is 1. The topological polar surface area (TPSA) is 0 Å². The molecule has 1 heteroatoms. The van der Waals surface area contributed by atoms with Crippen LogP contribution in [0.5, 0.6) is 0 Å². The highest BCUT2D eigenvalue weighted by Crippen LogP contribution is 2.20. The molecule has 0 nitrogen and oxygen atoms in total. The fourth-order valence-electron chi connectivity index (χ4n) is 1.74. The van der Waals surface area contributed by atoms with E-state index in [4.69, 9.17) is 0 Å². The third-order valence-electron chi connectivity index (χ3n) is 2.58. The van der Waals surface area contributed by atoms with Gasteiger partial charge in [0, 0.05) is 0 Å². The van der Waals surface area contributed by atoms with E-state index in [1.807, 2.05) is 18.2 Å². The minimum absolute atomic E-state index is 0.195. The Kier molecular flexibility index (Phi) is 3.35. The van der Waals surface area contributed by atoms with Crippen molar-refractivity contribution in [3.63, 3.8) is 0 Å². The standard InChI is InChI=1S/C15H14F/c1-2-4-12-7-9-13(10-8-12)14-5-3-6-15(16)11-14/h3,5-11H,1-2,4H2. The number of benzene rings is 2. The molecule has 0 N–H and O–H groups in total. The summed E-state index contributed by atoms with van der Waals surface area (Å²) >= 11 is 0. The molecule has 0 saturated carbocycles. The zero-order chi connectivity index (χ0) is 11.4. The highest BCUT2D eigenvalue weighted by atomic mass is 19.1. The smallest absolute Gasteiger partial charge is 0.123 e. The second-order valence-corrected chi connectivity index (χ2v) is 3.81. The first kappa shape index (κ1) is 10.9. The van der Waals surface area contributed by atoms with Gasteiger partial charge in [0.05, 0.1) is 0 Å². The van der Waals surface area contributed by atoms with E-state index in [0.29, 0.717) is 0 Å². The van der Waals surface area contributed by atoms with Gasteiger partial charge in [0.2, 0.25) is 0 Å². The maximum Gasteiger partial charge on any atom is 0.123 e. The molecular formula is C15H14F. The van der Waals surface area contributed by atoms with Crippen LogP contribution in [0.4, 0.5) is 4.39 Å². The molecule has 0 unspecified atom stereocenters. The van der Waals surface area contributed by atoms with Gasteiger partial charge in [-0.3, -0.25) is 0 Å². The van der Waals surface area contributed by atoms with Crippen molar-refractivity contribution in [3.8, 4) is 11.1 Å². The molecule has 1 radical (unpaired) electrons. The molecule has 81 valence electrons. The van der Waals surface area contributed by atoms with Crippen molar-refractivity contribution in [3.05, 3.63) is 66.8 Å². The van der Waals surface area contributed by atoms with Gasteiger partial charge >= 0.3 is 0 Å². The Morgan fingerprint density at radius 2 is 1.69 bits per heavy atom. The van der Waals surface area contributed by atoms with Crippen molar-refractivity contribution in [2.45, 2.75) is 12.8 Å². The van der Waals surface area contributed by atoms with Gasteiger partial charge in [-0.1, -0.05) is 43.3 Å². The molecule has 0 aliphatic rings. The van der Waals surface area contributed by atoms with Crippen molar-refractivity contribution in [2.24, 2.45) is 0 Å². The number of halogens is 1. The lowest BCUT2D eigenvalue weighted by Gasteiger charge is -2.03. The van der Waals surface area contributed by atoms with E-state index in [1.165, 1.54) is 11.6 Å². The summed E-state index contributed by atoms with van der Waals surface area (Å²) in [5, 5.41) is 0. The van der Waals surface area contributed by atoms with Crippen molar-refractivity contribution in [1.82, 2.24) is 0 Å². The zero-order valence-corrected chi connectivity index (χ0v) is 9.12. The fraction of sp³-hybridized carbons (Fsp3) is 0.133. The van der Waals surface area contributed by atoms with E-state index in [9.17, 15) is 4.39 Å². The molecule has 0 amide bonds. The first-order valence-corrected chi connectivity index (χ1v) is 5.44. The van der Waals surface area contributed by atoms with Crippen molar-refractivity contribution in [1.29, 1.82) is 0 Å². The summed E-state index contributed by atoms with van der Waals surface area (Å²) < 4.78 is 13.0. The third-order valence-corrected chi connectivity index (χ3v) is 2.58. The van der Waals surface area contributed by atoms with Crippen LogP contribution < -0.4 is 0 Å². The molecular weight excluding hydrogens is 199 g/mol. The molecule has 16 heavy (non-hydrogen) atoms. The first-order chi connectivity index (χ1) is 7.79. The van der Waals surface area contributed by atoms with Crippen LogP contribution in [0.1, 0.15) is 12.0 Å². The maximum atomic E-state index is 13.0. The average molecular weight is 213 g/mol. The predicted molar refractivity (Wildman–Crippen MR) is 65.5 cm³/mol. The van der Waals surface area contributed by atoms with Crippen LogP contribution in [-0.2, 0) is 6.42 Å². The van der Waals surface area contributed by atoms with Gasteiger partial charge in [-0.05, 0) is 41.7 Å². The second-order valence-electron chi connectivity index (χ2n) is 3.81. The molecule has 2 rings (SSSR count). The summed E-state index contributed by atoms with van der Waals surface area (Å²) in [6, 6.07) is 14.9. The van der Waals surface area contributed by atoms with E-state index >= 15 is 0 Å². The average Bonchev–Trinajstić information content (AvgIpc) is 2.30. The van der Waals surface area contributed by atoms with Crippen LogP contribution >= 0.6 is 0 Å². The normalized spacial score (nSPS) is 10.4. The molecule has 0 spiro atoms. The predicted octanol–water partition coefficient (Wildman–Crippen LogP) is 4.26. The summed E-state index contributed by atoms with van der Waals surface area (Å²) in [7, 11) is 0. The Morgan fingerprint density at radius 1 is 0.938 bits per heavy atom. The minimum atomic E-state index is -0.195. The summed E-state index contributed by atoms with van der Waals surface area (Å²) in [5.41, 5.74) is 3.24. The Bertz CT molecular complexity index is 457. The maximum absolute atomic E-state index is 13.0. The minimum Gasteiger partial charge on any atom is -0.207 e. The second kappa shape index (κ2) is 4.93. The van der Waals surface area contributed by atoms with Gasteiger partial charge in [0.15, 0.2) is 0 Å². The molecule has 0 aliphatic heterocycles. The molecule has 0 aromatic heterocycles.